The first-order chi connectivity index (χ1) is 7.99. The number of ether oxygens (including phenoxy) is 1. The van der Waals surface area contributed by atoms with Crippen LogP contribution >= 0.6 is 11.6 Å². The number of hydrogen-bond acceptors (Lipinski definition) is 3. The van der Waals surface area contributed by atoms with Crippen molar-refractivity contribution in [2.75, 3.05) is 6.61 Å². The van der Waals surface area contributed by atoms with Gasteiger partial charge in [0, 0.05) is 10.6 Å². The number of benzene rings is 1. The molecule has 1 unspecified atom stereocenters. The highest BCUT2D eigenvalue weighted by Crippen LogP contribution is 2.28. The van der Waals surface area contributed by atoms with Crippen LogP contribution in [0.2, 0.25) is 5.02 Å². The van der Waals surface area contributed by atoms with E-state index in [1.807, 2.05) is 0 Å². The molecule has 0 bridgehead atoms. The molecule has 0 aliphatic carbocycles. The van der Waals surface area contributed by atoms with Crippen molar-refractivity contribution >= 4 is 17.6 Å². The molecule has 0 fully saturated rings. The number of halogens is 3. The Labute approximate surface area is 103 Å². The van der Waals surface area contributed by atoms with Crippen LogP contribution in [0.3, 0.4) is 0 Å². The molecule has 1 aromatic rings. The second-order valence-corrected chi connectivity index (χ2v) is 3.72. The van der Waals surface area contributed by atoms with Crippen LogP contribution in [0, 0.1) is 5.82 Å². The molecule has 0 saturated carbocycles. The van der Waals surface area contributed by atoms with E-state index in [4.69, 9.17) is 17.3 Å². The van der Waals surface area contributed by atoms with Gasteiger partial charge in [-0.1, -0.05) is 17.7 Å². The third-order valence-electron chi connectivity index (χ3n) is 2.16. The molecule has 0 spiro atoms. The van der Waals surface area contributed by atoms with Gasteiger partial charge in [0.15, 0.2) is 0 Å². The zero-order chi connectivity index (χ0) is 13.0. The second-order valence-electron chi connectivity index (χ2n) is 3.31. The van der Waals surface area contributed by atoms with Gasteiger partial charge in [-0.05, 0) is 19.1 Å². The quantitative estimate of drug-likeness (QED) is 0.849. The van der Waals surface area contributed by atoms with Crippen LogP contribution in [-0.4, -0.2) is 18.7 Å². The Hall–Kier alpha value is -1.20. The summed E-state index contributed by atoms with van der Waals surface area (Å²) < 4.78 is 31.5. The summed E-state index contributed by atoms with van der Waals surface area (Å²) in [7, 11) is 0. The van der Waals surface area contributed by atoms with Crippen LogP contribution in [0.4, 0.5) is 8.78 Å². The molecule has 0 radical (unpaired) electrons. The van der Waals surface area contributed by atoms with Crippen molar-refractivity contribution in [1.82, 2.24) is 0 Å². The molecule has 0 saturated heterocycles. The van der Waals surface area contributed by atoms with Gasteiger partial charge in [0.1, 0.15) is 5.82 Å². The Balaban J connectivity index is 2.96. The molecule has 0 aromatic heterocycles. The summed E-state index contributed by atoms with van der Waals surface area (Å²) in [5.74, 6) is -1.88. The van der Waals surface area contributed by atoms with Crippen molar-refractivity contribution in [3.8, 4) is 0 Å². The van der Waals surface area contributed by atoms with E-state index in [1.54, 1.807) is 0 Å². The summed E-state index contributed by atoms with van der Waals surface area (Å²) in [6.45, 7) is 1.56. The number of hydrogen-bond donors (Lipinski definition) is 1. The summed E-state index contributed by atoms with van der Waals surface area (Å²) in [5.41, 5.74) is 5.24. The molecule has 1 rings (SSSR count). The highest BCUT2D eigenvalue weighted by molar-refractivity contribution is 6.31. The predicted octanol–water partition coefficient (Wildman–Crippen LogP) is 2.38. The summed E-state index contributed by atoms with van der Waals surface area (Å²) in [6.07, 6.45) is -2.15. The Bertz CT molecular complexity index is 394. The summed E-state index contributed by atoms with van der Waals surface area (Å²) in [4.78, 5) is 11.1. The monoisotopic (exact) mass is 263 g/mol. The minimum absolute atomic E-state index is 0.0237. The zero-order valence-electron chi connectivity index (χ0n) is 9.12. The van der Waals surface area contributed by atoms with Gasteiger partial charge in [0.05, 0.1) is 12.6 Å². The standard InChI is InChI=1S/C11H12ClF2NO2/c1-2-17-11(16)9(14)10(15)8-6(12)4-3-5-7(8)13/h3-5,9-10H,2,15H2,1H3/t9?,10-/m0/s1. The summed E-state index contributed by atoms with van der Waals surface area (Å²) in [6, 6.07) is 2.35. The van der Waals surface area contributed by atoms with E-state index in [-0.39, 0.29) is 17.2 Å². The fourth-order valence-electron chi connectivity index (χ4n) is 1.34. The number of nitrogens with two attached hydrogens (primary N) is 1. The van der Waals surface area contributed by atoms with Crippen LogP contribution in [0.15, 0.2) is 18.2 Å². The number of carbonyl (C=O) groups excluding carboxylic acids is 1. The zero-order valence-corrected chi connectivity index (χ0v) is 9.88. The first-order valence-corrected chi connectivity index (χ1v) is 5.37. The molecule has 2 N–H and O–H groups in total. The van der Waals surface area contributed by atoms with Gasteiger partial charge in [-0.25, -0.2) is 13.6 Å². The van der Waals surface area contributed by atoms with Gasteiger partial charge < -0.3 is 10.5 Å². The average Bonchev–Trinajstić information content (AvgIpc) is 2.27. The Morgan fingerprint density at radius 1 is 1.59 bits per heavy atom. The van der Waals surface area contributed by atoms with E-state index in [2.05, 4.69) is 4.74 Å². The van der Waals surface area contributed by atoms with E-state index in [1.165, 1.54) is 19.1 Å². The lowest BCUT2D eigenvalue weighted by Gasteiger charge is -2.17. The number of esters is 1. The lowest BCUT2D eigenvalue weighted by atomic mass is 10.0. The van der Waals surface area contributed by atoms with E-state index < -0.39 is 24.0 Å². The van der Waals surface area contributed by atoms with Crippen molar-refractivity contribution < 1.29 is 18.3 Å². The second kappa shape index (κ2) is 5.93. The van der Waals surface area contributed by atoms with E-state index in [9.17, 15) is 13.6 Å². The SMILES string of the molecule is CCOC(=O)C(F)[C@@H](N)c1c(F)cccc1Cl. The fraction of sp³-hybridized carbons (Fsp3) is 0.364. The summed E-state index contributed by atoms with van der Waals surface area (Å²) >= 11 is 5.71. The maximum absolute atomic E-state index is 13.6. The first kappa shape index (κ1) is 13.9. The van der Waals surface area contributed by atoms with Gasteiger partial charge in [-0.2, -0.15) is 0 Å². The third-order valence-corrected chi connectivity index (χ3v) is 2.49. The first-order valence-electron chi connectivity index (χ1n) is 4.99. The van der Waals surface area contributed by atoms with Crippen LogP contribution in [0.25, 0.3) is 0 Å². The van der Waals surface area contributed by atoms with Gasteiger partial charge in [0.2, 0.25) is 6.17 Å². The van der Waals surface area contributed by atoms with Crippen molar-refractivity contribution in [2.24, 2.45) is 5.73 Å². The molecule has 3 nitrogen and oxygen atoms in total. The minimum Gasteiger partial charge on any atom is -0.464 e. The maximum Gasteiger partial charge on any atom is 0.342 e. The molecule has 17 heavy (non-hydrogen) atoms. The predicted molar refractivity (Wildman–Crippen MR) is 59.9 cm³/mol. The number of alkyl halides is 1. The molecular formula is C11H12ClF2NO2. The van der Waals surface area contributed by atoms with Gasteiger partial charge in [-0.3, -0.25) is 0 Å². The Morgan fingerprint density at radius 3 is 2.76 bits per heavy atom. The molecule has 0 aliphatic rings. The smallest absolute Gasteiger partial charge is 0.342 e. The topological polar surface area (TPSA) is 52.3 Å². The molecular weight excluding hydrogens is 252 g/mol. The van der Waals surface area contributed by atoms with Crippen molar-refractivity contribution in [1.29, 1.82) is 0 Å². The van der Waals surface area contributed by atoms with Crippen LogP contribution in [0.5, 0.6) is 0 Å². The van der Waals surface area contributed by atoms with Crippen LogP contribution in [0.1, 0.15) is 18.5 Å². The maximum atomic E-state index is 13.6. The van der Waals surface area contributed by atoms with Gasteiger partial charge >= 0.3 is 5.97 Å². The van der Waals surface area contributed by atoms with Crippen LogP contribution in [-0.2, 0) is 9.53 Å². The molecule has 0 aliphatic heterocycles. The van der Waals surface area contributed by atoms with Gasteiger partial charge in [0.25, 0.3) is 0 Å². The van der Waals surface area contributed by atoms with Crippen molar-refractivity contribution in [2.45, 2.75) is 19.1 Å². The Kier molecular flexibility index (Phi) is 4.84. The number of rotatable bonds is 4. The fourth-order valence-corrected chi connectivity index (χ4v) is 1.63. The minimum atomic E-state index is -2.15. The normalized spacial score (nSPS) is 14.2. The van der Waals surface area contributed by atoms with Crippen LogP contribution < -0.4 is 5.73 Å². The largest absolute Gasteiger partial charge is 0.464 e. The number of carbonyl (C=O) groups is 1. The molecule has 0 amide bonds. The highest BCUT2D eigenvalue weighted by Gasteiger charge is 2.31. The molecule has 0 heterocycles. The highest BCUT2D eigenvalue weighted by atomic mass is 35.5. The summed E-state index contributed by atoms with van der Waals surface area (Å²) in [5, 5.41) is -0.0237. The van der Waals surface area contributed by atoms with Crippen molar-refractivity contribution in [3.63, 3.8) is 0 Å². The van der Waals surface area contributed by atoms with Crippen molar-refractivity contribution in [3.05, 3.63) is 34.6 Å². The van der Waals surface area contributed by atoms with Gasteiger partial charge in [-0.15, -0.1) is 0 Å². The molecule has 6 heteroatoms. The lowest BCUT2D eigenvalue weighted by molar-refractivity contribution is -0.149. The third kappa shape index (κ3) is 3.14. The lowest BCUT2D eigenvalue weighted by Crippen LogP contribution is -2.32. The van der Waals surface area contributed by atoms with E-state index in [0.717, 1.165) is 6.07 Å². The molecule has 2 atom stereocenters. The Morgan fingerprint density at radius 2 is 2.24 bits per heavy atom. The van der Waals surface area contributed by atoms with E-state index >= 15 is 0 Å². The molecule has 1 aromatic carbocycles. The van der Waals surface area contributed by atoms with E-state index in [0.29, 0.717) is 0 Å². The average molecular weight is 264 g/mol. The molecule has 94 valence electrons.